The Morgan fingerprint density at radius 1 is 0.895 bits per heavy atom. The van der Waals surface area contributed by atoms with Gasteiger partial charge in [-0.1, -0.05) is 72.5 Å². The van der Waals surface area contributed by atoms with E-state index in [1.807, 2.05) is 65.6 Å². The van der Waals surface area contributed by atoms with Crippen molar-refractivity contribution in [3.8, 4) is 11.5 Å². The molecule has 0 bridgehead atoms. The highest BCUT2D eigenvalue weighted by molar-refractivity contribution is 8.26. The largest absolute Gasteiger partial charge is 0.454 e. The summed E-state index contributed by atoms with van der Waals surface area (Å²) >= 11 is 8.50. The van der Waals surface area contributed by atoms with Gasteiger partial charge in [0.1, 0.15) is 4.32 Å². The summed E-state index contributed by atoms with van der Waals surface area (Å²) in [5.41, 5.74) is 2.74. The number of carbonyl (C=O) groups excluding carboxylic acids is 2. The Bertz CT molecular complexity index is 1430. The van der Waals surface area contributed by atoms with Crippen molar-refractivity contribution in [3.05, 3.63) is 77.2 Å². The number of fused-ring (bicyclic) bond motifs is 3. The van der Waals surface area contributed by atoms with E-state index in [0.717, 1.165) is 46.0 Å². The van der Waals surface area contributed by atoms with Gasteiger partial charge in [0.15, 0.2) is 11.5 Å². The molecule has 0 N–H and O–H groups in total. The predicted molar refractivity (Wildman–Crippen MR) is 155 cm³/mol. The highest BCUT2D eigenvalue weighted by Gasteiger charge is 2.32. The highest BCUT2D eigenvalue weighted by Crippen LogP contribution is 2.48. The van der Waals surface area contributed by atoms with Crippen LogP contribution in [0.2, 0.25) is 0 Å². The zero-order valence-electron chi connectivity index (χ0n) is 20.4. The monoisotopic (exact) mass is 560 g/mol. The van der Waals surface area contributed by atoms with Crippen LogP contribution in [0.15, 0.2) is 81.4 Å². The third-order valence-electron chi connectivity index (χ3n) is 6.52. The van der Waals surface area contributed by atoms with E-state index >= 15 is 0 Å². The number of ether oxygens (including phenoxy) is 2. The minimum absolute atomic E-state index is 0.0761. The van der Waals surface area contributed by atoms with Crippen molar-refractivity contribution in [2.24, 2.45) is 0 Å². The number of hydrogen-bond acceptors (Lipinski definition) is 7. The minimum Gasteiger partial charge on any atom is -0.454 e. The second kappa shape index (κ2) is 10.8. The lowest BCUT2D eigenvalue weighted by Crippen LogP contribution is -2.29. The molecule has 0 saturated carbocycles. The van der Waals surface area contributed by atoms with Crippen LogP contribution in [0.5, 0.6) is 11.5 Å². The molecule has 2 amide bonds. The van der Waals surface area contributed by atoms with Crippen molar-refractivity contribution in [2.45, 2.75) is 35.5 Å². The zero-order valence-corrected chi connectivity index (χ0v) is 22.9. The van der Waals surface area contributed by atoms with E-state index in [-0.39, 0.29) is 18.6 Å². The molecular weight excluding hydrogens is 537 g/mol. The summed E-state index contributed by atoms with van der Waals surface area (Å²) in [5.74, 6) is 1.40. The Balaban J connectivity index is 1.03. The fourth-order valence-electron chi connectivity index (χ4n) is 4.66. The molecule has 6 rings (SSSR count). The summed E-state index contributed by atoms with van der Waals surface area (Å²) in [6.07, 6.45) is 4.63. The number of amides is 2. The predicted octanol–water partition coefficient (Wildman–Crippen LogP) is 7.01. The number of carbonyl (C=O) groups is 2. The molecule has 3 aromatic carbocycles. The first-order valence-corrected chi connectivity index (χ1v) is 14.5. The molecule has 1 fully saturated rings. The molecule has 1 saturated heterocycles. The van der Waals surface area contributed by atoms with Gasteiger partial charge in [-0.05, 0) is 60.9 Å². The number of unbranched alkanes of at least 4 members (excludes halogenated alkanes) is 2. The van der Waals surface area contributed by atoms with E-state index in [1.165, 1.54) is 11.8 Å². The molecule has 3 heterocycles. The fraction of sp³-hybridized carbons (Fsp3) is 0.207. The van der Waals surface area contributed by atoms with Crippen molar-refractivity contribution in [2.75, 3.05) is 18.2 Å². The molecule has 6 nitrogen and oxygen atoms in total. The van der Waals surface area contributed by atoms with E-state index < -0.39 is 0 Å². The first-order valence-electron chi connectivity index (χ1n) is 12.4. The quantitative estimate of drug-likeness (QED) is 0.175. The van der Waals surface area contributed by atoms with Crippen molar-refractivity contribution < 1.29 is 19.1 Å². The fourth-order valence-corrected chi connectivity index (χ4v) is 7.02. The highest BCUT2D eigenvalue weighted by atomic mass is 32.2. The average Bonchev–Trinajstić information content (AvgIpc) is 3.50. The molecule has 0 aliphatic carbocycles. The molecule has 9 heteroatoms. The third kappa shape index (κ3) is 4.93. The molecule has 0 spiro atoms. The molecule has 3 aliphatic heterocycles. The Kier molecular flexibility index (Phi) is 7.14. The molecule has 3 aliphatic rings. The molecule has 0 unspecified atom stereocenters. The number of thioether (sulfide) groups is 1. The van der Waals surface area contributed by atoms with Crippen molar-refractivity contribution >= 4 is 69.3 Å². The number of hydrogen-bond donors (Lipinski definition) is 0. The van der Waals surface area contributed by atoms with Gasteiger partial charge >= 0.3 is 0 Å². The van der Waals surface area contributed by atoms with Crippen LogP contribution in [-0.4, -0.2) is 34.4 Å². The summed E-state index contributed by atoms with van der Waals surface area (Å²) < 4.78 is 11.4. The summed E-state index contributed by atoms with van der Waals surface area (Å²) in [5, 5.41) is 0. The lowest BCUT2D eigenvalue weighted by Gasteiger charge is -2.31. The summed E-state index contributed by atoms with van der Waals surface area (Å²) in [7, 11) is 0. The minimum atomic E-state index is -0.0761. The number of para-hydroxylation sites is 2. The Labute approximate surface area is 235 Å². The normalized spacial score (nSPS) is 16.7. The lowest BCUT2D eigenvalue weighted by atomic mass is 10.1. The maximum absolute atomic E-state index is 13.3. The van der Waals surface area contributed by atoms with Gasteiger partial charge in [0, 0.05) is 22.8 Å². The number of nitrogens with zero attached hydrogens (tertiary/aromatic N) is 2. The topological polar surface area (TPSA) is 59.1 Å². The third-order valence-corrected chi connectivity index (χ3v) is 9.03. The van der Waals surface area contributed by atoms with E-state index in [4.69, 9.17) is 21.7 Å². The van der Waals surface area contributed by atoms with E-state index in [9.17, 15) is 9.59 Å². The van der Waals surface area contributed by atoms with Crippen LogP contribution in [0, 0.1) is 0 Å². The van der Waals surface area contributed by atoms with Gasteiger partial charge in [0.2, 0.25) is 12.7 Å². The Hall–Kier alpha value is -3.27. The van der Waals surface area contributed by atoms with E-state index in [1.54, 1.807) is 16.7 Å². The summed E-state index contributed by atoms with van der Waals surface area (Å²) in [4.78, 5) is 32.6. The number of rotatable bonds is 7. The van der Waals surface area contributed by atoms with E-state index in [0.29, 0.717) is 33.7 Å². The Morgan fingerprint density at radius 2 is 1.61 bits per heavy atom. The molecule has 0 atom stereocenters. The van der Waals surface area contributed by atoms with Crippen molar-refractivity contribution in [3.63, 3.8) is 0 Å². The smallest absolute Gasteiger partial charge is 0.266 e. The molecule has 0 aromatic heterocycles. The Morgan fingerprint density at radius 3 is 2.37 bits per heavy atom. The lowest BCUT2D eigenvalue weighted by molar-refractivity contribution is -0.122. The van der Waals surface area contributed by atoms with Gasteiger partial charge < -0.3 is 9.47 Å². The molecular formula is C29H24N2O4S3. The first kappa shape index (κ1) is 25.0. The molecule has 3 aromatic rings. The molecule has 192 valence electrons. The van der Waals surface area contributed by atoms with Gasteiger partial charge in [-0.3, -0.25) is 19.4 Å². The number of thiocarbonyl (C=S) groups is 1. The van der Waals surface area contributed by atoms with Gasteiger partial charge in [0.25, 0.3) is 5.91 Å². The van der Waals surface area contributed by atoms with Crippen LogP contribution in [0.3, 0.4) is 0 Å². The maximum Gasteiger partial charge on any atom is 0.266 e. The maximum atomic E-state index is 13.3. The van der Waals surface area contributed by atoms with Gasteiger partial charge in [-0.15, -0.1) is 0 Å². The average molecular weight is 561 g/mol. The van der Waals surface area contributed by atoms with Gasteiger partial charge in [0.05, 0.1) is 16.3 Å². The number of benzene rings is 3. The second-order valence-corrected chi connectivity index (χ2v) is 11.8. The van der Waals surface area contributed by atoms with Gasteiger partial charge in [-0.2, -0.15) is 0 Å². The van der Waals surface area contributed by atoms with Crippen LogP contribution < -0.4 is 14.4 Å². The van der Waals surface area contributed by atoms with Crippen LogP contribution in [-0.2, 0) is 9.59 Å². The molecule has 38 heavy (non-hydrogen) atoms. The second-order valence-electron chi connectivity index (χ2n) is 9.02. The first-order chi connectivity index (χ1) is 18.6. The zero-order chi connectivity index (χ0) is 26.1. The SMILES string of the molecule is O=C1C(=Cc2ccc3c(c2)OCO3)SC(=S)N1CCCCCC(=O)N1c2ccccc2Sc2ccccc21. The summed E-state index contributed by atoms with van der Waals surface area (Å²) in [6, 6.07) is 21.7. The van der Waals surface area contributed by atoms with Gasteiger partial charge in [-0.25, -0.2) is 0 Å². The van der Waals surface area contributed by atoms with Crippen LogP contribution in [0.1, 0.15) is 31.2 Å². The summed E-state index contributed by atoms with van der Waals surface area (Å²) in [6.45, 7) is 0.757. The van der Waals surface area contributed by atoms with Crippen LogP contribution in [0.4, 0.5) is 11.4 Å². The van der Waals surface area contributed by atoms with Crippen molar-refractivity contribution in [1.29, 1.82) is 0 Å². The van der Waals surface area contributed by atoms with E-state index in [2.05, 4.69) is 12.1 Å². The number of anilines is 2. The van der Waals surface area contributed by atoms with Crippen molar-refractivity contribution in [1.82, 2.24) is 4.90 Å². The van der Waals surface area contributed by atoms with Crippen LogP contribution in [0.25, 0.3) is 6.08 Å². The standard InChI is InChI=1S/C29H24N2O4S3/c32-27(31-20-8-3-5-10-24(20)37-25-11-6-4-9-21(25)31)12-2-1-7-15-30-28(33)26(38-29(30)36)17-19-13-14-22-23(16-19)35-18-34-22/h3-6,8-11,13-14,16-17H,1-2,7,12,15,18H2. The molecule has 0 radical (unpaired) electrons. The van der Waals surface area contributed by atoms with Crippen LogP contribution >= 0.6 is 35.7 Å².